The maximum Gasteiger partial charge on any atom is 0.411 e. The number of rotatable bonds is 5. The van der Waals surface area contributed by atoms with Crippen LogP contribution in [-0.2, 0) is 4.74 Å². The van der Waals surface area contributed by atoms with Crippen molar-refractivity contribution < 1.29 is 17.9 Å². The van der Waals surface area contributed by atoms with E-state index in [4.69, 9.17) is 4.74 Å². The van der Waals surface area contributed by atoms with Crippen molar-refractivity contribution in [2.75, 3.05) is 20.3 Å². The van der Waals surface area contributed by atoms with Crippen LogP contribution in [0.2, 0.25) is 0 Å². The normalized spacial score (nSPS) is 28.1. The smallest absolute Gasteiger partial charge is 0.370 e. The first-order valence-electron chi connectivity index (χ1n) is 6.24. The predicted molar refractivity (Wildman–Crippen MR) is 60.8 cm³/mol. The van der Waals surface area contributed by atoms with Gasteiger partial charge in [0.1, 0.15) is 6.61 Å². The van der Waals surface area contributed by atoms with Gasteiger partial charge in [0.15, 0.2) is 0 Å². The molecule has 1 aliphatic carbocycles. The first kappa shape index (κ1) is 14.8. The van der Waals surface area contributed by atoms with E-state index in [-0.39, 0.29) is 12.6 Å². The highest BCUT2D eigenvalue weighted by molar-refractivity contribution is 4.80. The summed E-state index contributed by atoms with van der Waals surface area (Å²) >= 11 is 0. The van der Waals surface area contributed by atoms with Gasteiger partial charge in [-0.05, 0) is 31.7 Å². The van der Waals surface area contributed by atoms with E-state index in [9.17, 15) is 13.2 Å². The van der Waals surface area contributed by atoms with E-state index in [2.05, 4.69) is 12.2 Å². The van der Waals surface area contributed by atoms with Gasteiger partial charge in [-0.25, -0.2) is 0 Å². The molecule has 0 heterocycles. The van der Waals surface area contributed by atoms with Crippen LogP contribution in [0, 0.1) is 11.8 Å². The minimum atomic E-state index is -4.22. The van der Waals surface area contributed by atoms with Crippen LogP contribution in [0.3, 0.4) is 0 Å². The van der Waals surface area contributed by atoms with Gasteiger partial charge in [0, 0.05) is 6.04 Å². The van der Waals surface area contributed by atoms with Crippen molar-refractivity contribution in [3.8, 4) is 0 Å². The van der Waals surface area contributed by atoms with E-state index in [1.807, 2.05) is 0 Å². The monoisotopic (exact) mass is 253 g/mol. The van der Waals surface area contributed by atoms with Crippen LogP contribution in [0.1, 0.15) is 32.6 Å². The van der Waals surface area contributed by atoms with E-state index in [0.717, 1.165) is 12.8 Å². The molecular weight excluding hydrogens is 231 g/mol. The average Bonchev–Trinajstić information content (AvgIpc) is 2.23. The molecular formula is C12H22F3NO. The lowest BCUT2D eigenvalue weighted by atomic mass is 9.79. The Hall–Kier alpha value is -0.290. The summed E-state index contributed by atoms with van der Waals surface area (Å²) in [6, 6.07) is 0.0418. The van der Waals surface area contributed by atoms with Gasteiger partial charge in [-0.15, -0.1) is 0 Å². The summed E-state index contributed by atoms with van der Waals surface area (Å²) in [6.45, 7) is 1.20. The molecule has 0 amide bonds. The van der Waals surface area contributed by atoms with Crippen molar-refractivity contribution in [1.82, 2.24) is 5.32 Å². The molecule has 0 aromatic carbocycles. The third-order valence-corrected chi connectivity index (χ3v) is 3.48. The third-order valence-electron chi connectivity index (χ3n) is 3.48. The average molecular weight is 253 g/mol. The summed E-state index contributed by atoms with van der Waals surface area (Å²) in [5.74, 6) is 1.11. The molecule has 5 heteroatoms. The standard InChI is InChI=1S/C12H22F3NO/c1-9-4-3-5-10(6-9)11(16-2)7-17-8-12(13,14)15/h9-11,16H,3-8H2,1-2H3. The van der Waals surface area contributed by atoms with Crippen molar-refractivity contribution in [3.63, 3.8) is 0 Å². The lowest BCUT2D eigenvalue weighted by Gasteiger charge is -2.33. The van der Waals surface area contributed by atoms with Crippen molar-refractivity contribution in [1.29, 1.82) is 0 Å². The fourth-order valence-electron chi connectivity index (χ4n) is 2.60. The molecule has 17 heavy (non-hydrogen) atoms. The molecule has 0 spiro atoms. The van der Waals surface area contributed by atoms with E-state index in [0.29, 0.717) is 11.8 Å². The minimum absolute atomic E-state index is 0.0418. The zero-order valence-electron chi connectivity index (χ0n) is 10.5. The summed E-state index contributed by atoms with van der Waals surface area (Å²) in [5, 5.41) is 3.09. The number of hydrogen-bond acceptors (Lipinski definition) is 2. The molecule has 1 aliphatic rings. The van der Waals surface area contributed by atoms with Gasteiger partial charge in [0.05, 0.1) is 6.61 Å². The highest BCUT2D eigenvalue weighted by atomic mass is 19.4. The van der Waals surface area contributed by atoms with Gasteiger partial charge in [-0.3, -0.25) is 0 Å². The van der Waals surface area contributed by atoms with E-state index in [1.165, 1.54) is 12.8 Å². The van der Waals surface area contributed by atoms with Crippen LogP contribution >= 0.6 is 0 Å². The van der Waals surface area contributed by atoms with Crippen molar-refractivity contribution >= 4 is 0 Å². The van der Waals surface area contributed by atoms with Crippen LogP contribution < -0.4 is 5.32 Å². The van der Waals surface area contributed by atoms with E-state index < -0.39 is 12.8 Å². The quantitative estimate of drug-likeness (QED) is 0.813. The van der Waals surface area contributed by atoms with Gasteiger partial charge in [0.25, 0.3) is 0 Å². The molecule has 102 valence electrons. The molecule has 0 saturated heterocycles. The first-order valence-corrected chi connectivity index (χ1v) is 6.24. The van der Waals surface area contributed by atoms with Crippen molar-refractivity contribution in [2.24, 2.45) is 11.8 Å². The fourth-order valence-corrected chi connectivity index (χ4v) is 2.60. The topological polar surface area (TPSA) is 21.3 Å². The summed E-state index contributed by atoms with van der Waals surface area (Å²) in [6.07, 6.45) is 0.351. The SMILES string of the molecule is CNC(COCC(F)(F)F)C1CCCC(C)C1. The summed E-state index contributed by atoms with van der Waals surface area (Å²) in [5.41, 5.74) is 0. The number of alkyl halides is 3. The lowest BCUT2D eigenvalue weighted by molar-refractivity contribution is -0.176. The van der Waals surface area contributed by atoms with Crippen LogP contribution in [0.25, 0.3) is 0 Å². The van der Waals surface area contributed by atoms with Crippen LogP contribution in [0.5, 0.6) is 0 Å². The van der Waals surface area contributed by atoms with Crippen molar-refractivity contribution in [3.05, 3.63) is 0 Å². The summed E-state index contributed by atoms with van der Waals surface area (Å²) in [7, 11) is 1.79. The Morgan fingerprint density at radius 3 is 2.59 bits per heavy atom. The molecule has 1 saturated carbocycles. The summed E-state index contributed by atoms with van der Waals surface area (Å²) in [4.78, 5) is 0. The Morgan fingerprint density at radius 2 is 2.06 bits per heavy atom. The maximum atomic E-state index is 12.0. The number of likely N-dealkylation sites (N-methyl/N-ethyl adjacent to an activating group) is 1. The van der Waals surface area contributed by atoms with Gasteiger partial charge in [-0.2, -0.15) is 13.2 Å². The van der Waals surface area contributed by atoms with Gasteiger partial charge < -0.3 is 10.1 Å². The number of nitrogens with one attached hydrogen (secondary N) is 1. The van der Waals surface area contributed by atoms with E-state index in [1.54, 1.807) is 7.05 Å². The first-order chi connectivity index (χ1) is 7.92. The maximum absolute atomic E-state index is 12.0. The number of halogens is 3. The van der Waals surface area contributed by atoms with Gasteiger partial charge in [0.2, 0.25) is 0 Å². The van der Waals surface area contributed by atoms with Crippen LogP contribution in [-0.4, -0.2) is 32.5 Å². The molecule has 0 aromatic rings. The molecule has 0 aromatic heterocycles. The summed E-state index contributed by atoms with van der Waals surface area (Å²) < 4.78 is 40.7. The second-order valence-electron chi connectivity index (χ2n) is 5.06. The fraction of sp³-hybridized carbons (Fsp3) is 1.00. The third kappa shape index (κ3) is 5.73. The lowest BCUT2D eigenvalue weighted by Crippen LogP contribution is -2.40. The Balaban J connectivity index is 2.32. The molecule has 0 aliphatic heterocycles. The Labute approximate surface area is 101 Å². The molecule has 2 nitrogen and oxygen atoms in total. The van der Waals surface area contributed by atoms with Crippen molar-refractivity contribution in [2.45, 2.75) is 44.8 Å². The second-order valence-corrected chi connectivity index (χ2v) is 5.06. The molecule has 1 rings (SSSR count). The highest BCUT2D eigenvalue weighted by Gasteiger charge is 2.30. The van der Waals surface area contributed by atoms with Crippen LogP contribution in [0.4, 0.5) is 13.2 Å². The van der Waals surface area contributed by atoms with Crippen LogP contribution in [0.15, 0.2) is 0 Å². The second kappa shape index (κ2) is 6.59. The minimum Gasteiger partial charge on any atom is -0.370 e. The largest absolute Gasteiger partial charge is 0.411 e. The zero-order chi connectivity index (χ0) is 12.9. The molecule has 0 bridgehead atoms. The Bertz CT molecular complexity index is 220. The molecule has 3 unspecified atom stereocenters. The molecule has 1 N–H and O–H groups in total. The molecule has 0 radical (unpaired) electrons. The van der Waals surface area contributed by atoms with Gasteiger partial charge in [-0.1, -0.05) is 19.8 Å². The number of ether oxygens (including phenoxy) is 1. The van der Waals surface area contributed by atoms with Gasteiger partial charge >= 0.3 is 6.18 Å². The van der Waals surface area contributed by atoms with E-state index >= 15 is 0 Å². The Kier molecular flexibility index (Phi) is 5.73. The Morgan fingerprint density at radius 1 is 1.35 bits per heavy atom. The zero-order valence-corrected chi connectivity index (χ0v) is 10.5. The highest BCUT2D eigenvalue weighted by Crippen LogP contribution is 2.31. The molecule has 1 fully saturated rings. The number of hydrogen-bond donors (Lipinski definition) is 1. The molecule has 3 atom stereocenters. The predicted octanol–water partition coefficient (Wildman–Crippen LogP) is 2.98.